The van der Waals surface area contributed by atoms with E-state index in [2.05, 4.69) is 33.0 Å². The van der Waals surface area contributed by atoms with E-state index in [1.165, 1.54) is 12.8 Å². The van der Waals surface area contributed by atoms with Gasteiger partial charge in [-0.1, -0.05) is 34.1 Å². The second kappa shape index (κ2) is 13.3. The van der Waals surface area contributed by atoms with Gasteiger partial charge >= 0.3 is 0 Å². The fourth-order valence-corrected chi connectivity index (χ4v) is 1.55. The summed E-state index contributed by atoms with van der Waals surface area (Å²) in [5, 5.41) is 3.39. The van der Waals surface area contributed by atoms with Crippen molar-refractivity contribution in [3.8, 4) is 0 Å². The molecule has 0 aliphatic rings. The SMILES string of the molecule is CCC(C)CNCCOCCOCCCC(C)C.[HH]. The molecule has 0 amide bonds. The molecule has 0 saturated carbocycles. The van der Waals surface area contributed by atoms with Crippen LogP contribution in [-0.4, -0.2) is 39.5 Å². The Labute approximate surface area is 115 Å². The minimum Gasteiger partial charge on any atom is -0.379 e. The molecule has 0 aromatic carbocycles. The molecular weight excluding hydrogens is 226 g/mol. The molecule has 0 fully saturated rings. The average Bonchev–Trinajstić information content (AvgIpc) is 2.35. The monoisotopic (exact) mass is 261 g/mol. The fraction of sp³-hybridized carbons (Fsp3) is 1.00. The maximum Gasteiger partial charge on any atom is 0.0701 e. The Morgan fingerprint density at radius 2 is 1.67 bits per heavy atom. The van der Waals surface area contributed by atoms with Crippen molar-refractivity contribution in [1.29, 1.82) is 0 Å². The molecular formula is C15H35NO2. The third kappa shape index (κ3) is 13.9. The summed E-state index contributed by atoms with van der Waals surface area (Å²) in [5.74, 6) is 1.54. The molecule has 0 spiro atoms. The highest BCUT2D eigenvalue weighted by molar-refractivity contribution is 4.53. The van der Waals surface area contributed by atoms with E-state index < -0.39 is 0 Å². The highest BCUT2D eigenvalue weighted by Crippen LogP contribution is 2.02. The number of ether oxygens (including phenoxy) is 2. The first kappa shape index (κ1) is 17.9. The Morgan fingerprint density at radius 3 is 2.28 bits per heavy atom. The minimum absolute atomic E-state index is 0. The van der Waals surface area contributed by atoms with Crippen LogP contribution in [0.1, 0.15) is 48.4 Å². The highest BCUT2D eigenvalue weighted by atomic mass is 16.5. The molecule has 1 unspecified atom stereocenters. The van der Waals surface area contributed by atoms with Gasteiger partial charge < -0.3 is 14.8 Å². The van der Waals surface area contributed by atoms with E-state index in [9.17, 15) is 0 Å². The van der Waals surface area contributed by atoms with Gasteiger partial charge in [0.15, 0.2) is 0 Å². The van der Waals surface area contributed by atoms with Crippen molar-refractivity contribution in [3.05, 3.63) is 0 Å². The first-order chi connectivity index (χ1) is 8.66. The largest absolute Gasteiger partial charge is 0.379 e. The quantitative estimate of drug-likeness (QED) is 0.516. The number of nitrogens with one attached hydrogen (secondary N) is 1. The Hall–Kier alpha value is -0.120. The van der Waals surface area contributed by atoms with E-state index in [-0.39, 0.29) is 1.43 Å². The molecule has 0 saturated heterocycles. The molecule has 3 heteroatoms. The van der Waals surface area contributed by atoms with Gasteiger partial charge in [-0.3, -0.25) is 0 Å². The molecule has 0 bridgehead atoms. The molecule has 1 atom stereocenters. The Balaban J connectivity index is 0. The lowest BCUT2D eigenvalue weighted by molar-refractivity contribution is 0.0466. The van der Waals surface area contributed by atoms with Crippen molar-refractivity contribution in [3.63, 3.8) is 0 Å². The van der Waals surface area contributed by atoms with Gasteiger partial charge in [0.25, 0.3) is 0 Å². The third-order valence-electron chi connectivity index (χ3n) is 3.06. The first-order valence-corrected chi connectivity index (χ1v) is 7.53. The predicted molar refractivity (Wildman–Crippen MR) is 80.1 cm³/mol. The van der Waals surface area contributed by atoms with E-state index in [1.807, 2.05) is 0 Å². The fourth-order valence-electron chi connectivity index (χ4n) is 1.55. The molecule has 0 aliphatic heterocycles. The van der Waals surface area contributed by atoms with Crippen LogP contribution in [0, 0.1) is 11.8 Å². The summed E-state index contributed by atoms with van der Waals surface area (Å²) in [4.78, 5) is 0. The highest BCUT2D eigenvalue weighted by Gasteiger charge is 1.97. The van der Waals surface area contributed by atoms with E-state index >= 15 is 0 Å². The standard InChI is InChI=1S/C15H33NO2.H2/c1-5-15(4)13-16-8-10-18-12-11-17-9-6-7-14(2)3;/h14-16H,5-13H2,1-4H3;1H. The summed E-state index contributed by atoms with van der Waals surface area (Å²) in [6.07, 6.45) is 3.65. The van der Waals surface area contributed by atoms with Crippen LogP contribution in [0.3, 0.4) is 0 Å². The second-order valence-corrected chi connectivity index (χ2v) is 5.48. The zero-order valence-corrected chi connectivity index (χ0v) is 12.8. The molecule has 0 radical (unpaired) electrons. The Kier molecular flexibility index (Phi) is 13.2. The summed E-state index contributed by atoms with van der Waals surface area (Å²) >= 11 is 0. The lowest BCUT2D eigenvalue weighted by Gasteiger charge is -2.10. The summed E-state index contributed by atoms with van der Waals surface area (Å²) in [6, 6.07) is 0. The van der Waals surface area contributed by atoms with Crippen LogP contribution in [0.25, 0.3) is 0 Å². The smallest absolute Gasteiger partial charge is 0.0701 e. The van der Waals surface area contributed by atoms with Gasteiger partial charge in [-0.05, 0) is 31.2 Å². The molecule has 1 N–H and O–H groups in total. The van der Waals surface area contributed by atoms with E-state index in [0.717, 1.165) is 51.2 Å². The minimum atomic E-state index is 0. The molecule has 0 aliphatic carbocycles. The van der Waals surface area contributed by atoms with Crippen LogP contribution >= 0.6 is 0 Å². The molecule has 0 aromatic heterocycles. The van der Waals surface area contributed by atoms with Gasteiger partial charge in [-0.15, -0.1) is 0 Å². The Bertz CT molecular complexity index is 168. The number of hydrogen-bond acceptors (Lipinski definition) is 3. The molecule has 3 nitrogen and oxygen atoms in total. The molecule has 112 valence electrons. The van der Waals surface area contributed by atoms with Crippen LogP contribution in [0.4, 0.5) is 0 Å². The summed E-state index contributed by atoms with van der Waals surface area (Å²) in [6.45, 7) is 14.1. The summed E-state index contributed by atoms with van der Waals surface area (Å²) < 4.78 is 11.0. The van der Waals surface area contributed by atoms with Gasteiger partial charge in [0.05, 0.1) is 19.8 Å². The zero-order valence-electron chi connectivity index (χ0n) is 12.8. The van der Waals surface area contributed by atoms with Gasteiger partial charge in [0, 0.05) is 14.6 Å². The first-order valence-electron chi connectivity index (χ1n) is 7.53. The maximum atomic E-state index is 5.50. The van der Waals surface area contributed by atoms with E-state index in [1.54, 1.807) is 0 Å². The maximum absolute atomic E-state index is 5.50. The number of hydrogen-bond donors (Lipinski definition) is 1. The second-order valence-electron chi connectivity index (χ2n) is 5.48. The van der Waals surface area contributed by atoms with Crippen molar-refractivity contribution < 1.29 is 10.9 Å². The van der Waals surface area contributed by atoms with Crippen LogP contribution in [0.5, 0.6) is 0 Å². The van der Waals surface area contributed by atoms with Crippen molar-refractivity contribution >= 4 is 0 Å². The normalized spacial score (nSPS) is 13.2. The van der Waals surface area contributed by atoms with Crippen LogP contribution < -0.4 is 5.32 Å². The van der Waals surface area contributed by atoms with Crippen LogP contribution in [0.2, 0.25) is 0 Å². The van der Waals surface area contributed by atoms with Crippen molar-refractivity contribution in [2.24, 2.45) is 11.8 Å². The summed E-state index contributed by atoms with van der Waals surface area (Å²) in [5.41, 5.74) is 0. The molecule has 0 heterocycles. The average molecular weight is 261 g/mol. The lowest BCUT2D eigenvalue weighted by Crippen LogP contribution is -2.25. The van der Waals surface area contributed by atoms with Crippen molar-refractivity contribution in [2.45, 2.75) is 47.0 Å². The van der Waals surface area contributed by atoms with Crippen LogP contribution in [0.15, 0.2) is 0 Å². The Morgan fingerprint density at radius 1 is 1.00 bits per heavy atom. The zero-order chi connectivity index (χ0) is 13.6. The third-order valence-corrected chi connectivity index (χ3v) is 3.06. The summed E-state index contributed by atoms with van der Waals surface area (Å²) in [7, 11) is 0. The van der Waals surface area contributed by atoms with Crippen LogP contribution in [-0.2, 0) is 9.47 Å². The van der Waals surface area contributed by atoms with Gasteiger partial charge in [0.2, 0.25) is 0 Å². The lowest BCUT2D eigenvalue weighted by atomic mass is 10.1. The van der Waals surface area contributed by atoms with Gasteiger partial charge in [0.1, 0.15) is 0 Å². The van der Waals surface area contributed by atoms with Gasteiger partial charge in [-0.25, -0.2) is 0 Å². The van der Waals surface area contributed by atoms with E-state index in [0.29, 0.717) is 6.61 Å². The molecule has 18 heavy (non-hydrogen) atoms. The van der Waals surface area contributed by atoms with E-state index in [4.69, 9.17) is 9.47 Å². The topological polar surface area (TPSA) is 30.5 Å². The predicted octanol–water partition coefficient (Wildman–Crippen LogP) is 3.34. The molecule has 0 aromatic rings. The number of rotatable bonds is 13. The molecule has 0 rings (SSSR count). The van der Waals surface area contributed by atoms with Crippen molar-refractivity contribution in [1.82, 2.24) is 5.32 Å². The van der Waals surface area contributed by atoms with Crippen molar-refractivity contribution in [2.75, 3.05) is 39.5 Å². The van der Waals surface area contributed by atoms with Gasteiger partial charge in [-0.2, -0.15) is 0 Å².